The number of benzene rings is 3. The zero-order valence-electron chi connectivity index (χ0n) is 21.0. The lowest BCUT2D eigenvalue weighted by atomic mass is 9.68. The van der Waals surface area contributed by atoms with Gasteiger partial charge < -0.3 is 9.84 Å². The third-order valence-electron chi connectivity index (χ3n) is 6.83. The van der Waals surface area contributed by atoms with Gasteiger partial charge in [-0.05, 0) is 59.6 Å². The zero-order chi connectivity index (χ0) is 25.7. The Hall–Kier alpha value is -3.31. The van der Waals surface area contributed by atoms with Crippen molar-refractivity contribution in [1.82, 2.24) is 0 Å². The van der Waals surface area contributed by atoms with Crippen molar-refractivity contribution in [2.45, 2.75) is 56.3 Å². The number of aryl methyl sites for hydroxylation is 2. The fourth-order valence-electron chi connectivity index (χ4n) is 4.90. The van der Waals surface area contributed by atoms with Gasteiger partial charge in [0, 0.05) is 11.3 Å². The molecule has 0 saturated carbocycles. The van der Waals surface area contributed by atoms with E-state index in [0.29, 0.717) is 35.3 Å². The number of carboxylic acid groups (broad SMARTS) is 1. The molecule has 0 bridgehead atoms. The van der Waals surface area contributed by atoms with Crippen LogP contribution in [0.1, 0.15) is 54.9 Å². The van der Waals surface area contributed by atoms with Crippen LogP contribution in [0.4, 0.5) is 0 Å². The van der Waals surface area contributed by atoms with E-state index in [2.05, 4.69) is 32.0 Å². The maximum atomic E-state index is 13.3. The molecule has 186 valence electrons. The smallest absolute Gasteiger partial charge is 0.344 e. The van der Waals surface area contributed by atoms with Crippen molar-refractivity contribution in [2.75, 3.05) is 6.61 Å². The molecule has 4 nitrogen and oxygen atoms in total. The number of carbonyl (C=O) groups is 2. The Bertz CT molecular complexity index is 1260. The second-order valence-corrected chi connectivity index (χ2v) is 10.6. The van der Waals surface area contributed by atoms with Gasteiger partial charge in [0.05, 0.1) is 11.5 Å². The summed E-state index contributed by atoms with van der Waals surface area (Å²) >= 11 is 1.35. The summed E-state index contributed by atoms with van der Waals surface area (Å²) in [6, 6.07) is 25.5. The Morgan fingerprint density at radius 2 is 1.69 bits per heavy atom. The third-order valence-corrected chi connectivity index (χ3v) is 8.02. The highest BCUT2D eigenvalue weighted by Crippen LogP contribution is 2.47. The first-order valence-electron chi connectivity index (χ1n) is 12.3. The first kappa shape index (κ1) is 25.8. The van der Waals surface area contributed by atoms with E-state index in [-0.39, 0.29) is 12.5 Å². The Kier molecular flexibility index (Phi) is 8.00. The molecule has 0 fully saturated rings. The number of ether oxygens (including phenoxy) is 1. The van der Waals surface area contributed by atoms with Gasteiger partial charge in [0.25, 0.3) is 0 Å². The number of hydrogen-bond donors (Lipinski definition) is 1. The number of esters is 1. The highest BCUT2D eigenvalue weighted by Gasteiger charge is 2.47. The minimum atomic E-state index is -1.35. The maximum absolute atomic E-state index is 13.3. The third kappa shape index (κ3) is 5.26. The molecule has 0 amide bonds. The summed E-state index contributed by atoms with van der Waals surface area (Å²) in [5.41, 5.74) is 3.25. The first-order chi connectivity index (χ1) is 17.3. The molecule has 0 saturated heterocycles. The first-order valence-corrected chi connectivity index (χ1v) is 13.2. The summed E-state index contributed by atoms with van der Waals surface area (Å²) in [5, 5.41) is 10.9. The maximum Gasteiger partial charge on any atom is 0.344 e. The molecule has 3 aromatic carbocycles. The van der Waals surface area contributed by atoms with Crippen LogP contribution in [0, 0.1) is 6.92 Å². The van der Waals surface area contributed by atoms with Crippen LogP contribution in [0.25, 0.3) is 0 Å². The van der Waals surface area contributed by atoms with E-state index in [1.54, 1.807) is 0 Å². The highest BCUT2D eigenvalue weighted by atomic mass is 32.2. The number of hydrogen-bond acceptors (Lipinski definition) is 4. The molecule has 1 aliphatic rings. The van der Waals surface area contributed by atoms with Crippen molar-refractivity contribution < 1.29 is 19.4 Å². The van der Waals surface area contributed by atoms with Gasteiger partial charge in [-0.3, -0.25) is 4.79 Å². The monoisotopic (exact) mass is 500 g/mol. The van der Waals surface area contributed by atoms with Crippen molar-refractivity contribution in [3.8, 4) is 0 Å². The van der Waals surface area contributed by atoms with Crippen LogP contribution in [0.2, 0.25) is 0 Å². The summed E-state index contributed by atoms with van der Waals surface area (Å²) in [6.07, 6.45) is 1.29. The van der Waals surface area contributed by atoms with Crippen molar-refractivity contribution >= 4 is 23.7 Å². The summed E-state index contributed by atoms with van der Waals surface area (Å²) < 4.78 is 5.49. The summed E-state index contributed by atoms with van der Waals surface area (Å²) in [7, 11) is 0. The van der Waals surface area contributed by atoms with Crippen molar-refractivity contribution in [1.29, 1.82) is 0 Å². The molecule has 1 N–H and O–H groups in total. The number of rotatable bonds is 9. The van der Waals surface area contributed by atoms with Crippen LogP contribution in [0.5, 0.6) is 0 Å². The Morgan fingerprint density at radius 3 is 2.33 bits per heavy atom. The van der Waals surface area contributed by atoms with Gasteiger partial charge in [-0.25, -0.2) is 4.79 Å². The minimum Gasteiger partial charge on any atom is -0.480 e. The van der Waals surface area contributed by atoms with Crippen molar-refractivity contribution in [2.24, 2.45) is 0 Å². The van der Waals surface area contributed by atoms with Crippen LogP contribution in [-0.2, 0) is 26.2 Å². The summed E-state index contributed by atoms with van der Waals surface area (Å²) in [4.78, 5) is 27.9. The summed E-state index contributed by atoms with van der Waals surface area (Å²) in [5.74, 6) is -1.13. The Labute approximate surface area is 217 Å². The predicted octanol–water partition coefficient (Wildman–Crippen LogP) is 7.07. The lowest BCUT2D eigenvalue weighted by Crippen LogP contribution is -2.41. The van der Waals surface area contributed by atoms with Crippen LogP contribution in [0.3, 0.4) is 0 Å². The minimum absolute atomic E-state index is 0.177. The largest absolute Gasteiger partial charge is 0.480 e. The molecular formula is C31H32O4S. The van der Waals surface area contributed by atoms with E-state index in [4.69, 9.17) is 4.74 Å². The average Bonchev–Trinajstić information content (AvgIpc) is 2.87. The van der Waals surface area contributed by atoms with E-state index in [9.17, 15) is 14.7 Å². The zero-order valence-corrected chi connectivity index (χ0v) is 21.8. The molecule has 0 spiro atoms. The topological polar surface area (TPSA) is 63.6 Å². The van der Waals surface area contributed by atoms with E-state index in [1.165, 1.54) is 11.8 Å². The molecule has 36 heavy (non-hydrogen) atoms. The molecule has 1 unspecified atom stereocenters. The molecule has 5 heteroatoms. The Morgan fingerprint density at radius 1 is 1.03 bits per heavy atom. The fraction of sp³-hybridized carbons (Fsp3) is 0.290. The van der Waals surface area contributed by atoms with Gasteiger partial charge in [0.15, 0.2) is 0 Å². The second kappa shape index (κ2) is 11.2. The SMILES string of the molecule is Cc1ccc(C(C)C)c(SC2=C(C(CCc3ccccc3)(C(=O)O)c3ccccc3)CCOC2=O)c1. The van der Waals surface area contributed by atoms with Gasteiger partial charge in [-0.15, -0.1) is 0 Å². The molecule has 0 aromatic heterocycles. The molecule has 4 rings (SSSR count). The van der Waals surface area contributed by atoms with Gasteiger partial charge in [0.1, 0.15) is 5.41 Å². The molecule has 1 heterocycles. The standard InChI is InChI=1S/C31H32O4S/c1-21(2)25-15-14-22(3)20-27(25)36-28-26(17-19-35-29(28)32)31(30(33)34,24-12-8-5-9-13-24)18-16-23-10-6-4-7-11-23/h4-15,20-21H,16-19H2,1-3H3,(H,33,34). The van der Waals surface area contributed by atoms with E-state index >= 15 is 0 Å². The number of carboxylic acids is 1. The van der Waals surface area contributed by atoms with Gasteiger partial charge in [0.2, 0.25) is 0 Å². The van der Waals surface area contributed by atoms with Crippen LogP contribution in [0.15, 0.2) is 94.2 Å². The number of thioether (sulfide) groups is 1. The van der Waals surface area contributed by atoms with Crippen LogP contribution in [-0.4, -0.2) is 23.7 Å². The summed E-state index contributed by atoms with van der Waals surface area (Å²) in [6.45, 7) is 6.44. The molecule has 0 radical (unpaired) electrons. The Balaban J connectivity index is 1.91. The van der Waals surface area contributed by atoms with Crippen LogP contribution >= 0.6 is 11.8 Å². The number of aliphatic carboxylic acids is 1. The fourth-order valence-corrected chi connectivity index (χ4v) is 6.33. The molecule has 1 atom stereocenters. The number of carbonyl (C=O) groups excluding carboxylic acids is 1. The van der Waals surface area contributed by atoms with E-state index in [0.717, 1.165) is 21.6 Å². The lowest BCUT2D eigenvalue weighted by Gasteiger charge is -2.36. The van der Waals surface area contributed by atoms with Crippen LogP contribution < -0.4 is 0 Å². The molecule has 0 aliphatic carbocycles. The average molecular weight is 501 g/mol. The van der Waals surface area contributed by atoms with Gasteiger partial charge in [-0.2, -0.15) is 0 Å². The predicted molar refractivity (Wildman–Crippen MR) is 144 cm³/mol. The molecule has 1 aliphatic heterocycles. The highest BCUT2D eigenvalue weighted by molar-refractivity contribution is 8.04. The quantitative estimate of drug-likeness (QED) is 0.319. The number of cyclic esters (lactones) is 1. The van der Waals surface area contributed by atoms with E-state index < -0.39 is 17.4 Å². The van der Waals surface area contributed by atoms with Gasteiger partial charge in [-0.1, -0.05) is 98.4 Å². The normalized spacial score (nSPS) is 15.5. The second-order valence-electron chi connectivity index (χ2n) is 9.55. The lowest BCUT2D eigenvalue weighted by molar-refractivity contribution is -0.143. The van der Waals surface area contributed by atoms with Crippen molar-refractivity contribution in [3.05, 3.63) is 112 Å². The van der Waals surface area contributed by atoms with E-state index in [1.807, 2.05) is 67.6 Å². The van der Waals surface area contributed by atoms with Crippen molar-refractivity contribution in [3.63, 3.8) is 0 Å². The molecule has 3 aromatic rings. The molecular weight excluding hydrogens is 468 g/mol. The van der Waals surface area contributed by atoms with Gasteiger partial charge >= 0.3 is 11.9 Å².